The molecule has 1 aliphatic carbocycles. The second-order valence-corrected chi connectivity index (χ2v) is 4.48. The van der Waals surface area contributed by atoms with Gasteiger partial charge in [-0.05, 0) is 5.56 Å². The maximum atomic E-state index is 10.8. The molecule has 1 aliphatic rings. The van der Waals surface area contributed by atoms with Crippen molar-refractivity contribution in [2.24, 2.45) is 0 Å². The number of ether oxygens (including phenoxy) is 3. The summed E-state index contributed by atoms with van der Waals surface area (Å²) < 4.78 is 13.8. The van der Waals surface area contributed by atoms with Crippen LogP contribution in [0.1, 0.15) is 11.5 Å². The van der Waals surface area contributed by atoms with E-state index in [9.17, 15) is 14.4 Å². The van der Waals surface area contributed by atoms with E-state index in [0.717, 1.165) is 0 Å². The Kier molecular flexibility index (Phi) is 4.35. The molecule has 0 saturated heterocycles. The molecule has 9 heteroatoms. The zero-order valence-corrected chi connectivity index (χ0v) is 11.0. The topological polar surface area (TPSA) is 140 Å². The zero-order valence-electron chi connectivity index (χ0n) is 11.0. The van der Waals surface area contributed by atoms with Gasteiger partial charge in [0.25, 0.3) is 0 Å². The molecule has 0 aliphatic heterocycles. The first-order chi connectivity index (χ1) is 10.4. The average molecular weight is 312 g/mol. The molecule has 0 heterocycles. The predicted molar refractivity (Wildman–Crippen MR) is 67.9 cm³/mol. The van der Waals surface area contributed by atoms with Gasteiger partial charge in [-0.2, -0.15) is 0 Å². The van der Waals surface area contributed by atoms with Crippen LogP contribution in [0.4, 0.5) is 14.4 Å². The van der Waals surface area contributed by atoms with Crippen molar-refractivity contribution in [2.45, 2.75) is 24.2 Å². The number of hydrogen-bond donors (Lipinski definition) is 3. The molecule has 3 N–H and O–H groups in total. The van der Waals surface area contributed by atoms with Crippen molar-refractivity contribution in [1.82, 2.24) is 0 Å². The molecule has 9 nitrogen and oxygen atoms in total. The normalized spacial score (nSPS) is 26.4. The fraction of sp³-hybridized carbons (Fsp3) is 0.308. The van der Waals surface area contributed by atoms with Crippen molar-refractivity contribution in [1.29, 1.82) is 0 Å². The smallest absolute Gasteiger partial charge is 0.450 e. The van der Waals surface area contributed by atoms with E-state index < -0.39 is 42.7 Å². The predicted octanol–water partition coefficient (Wildman–Crippen LogP) is 1.97. The van der Waals surface area contributed by atoms with Gasteiger partial charge in [0.15, 0.2) is 18.3 Å². The molecule has 0 amide bonds. The van der Waals surface area contributed by atoms with Crippen molar-refractivity contribution in [2.75, 3.05) is 0 Å². The van der Waals surface area contributed by atoms with E-state index >= 15 is 0 Å². The van der Waals surface area contributed by atoms with Crippen LogP contribution in [0.3, 0.4) is 0 Å². The molecule has 0 spiro atoms. The van der Waals surface area contributed by atoms with Crippen molar-refractivity contribution in [3.05, 3.63) is 35.9 Å². The first-order valence-electron chi connectivity index (χ1n) is 6.14. The molecule has 2 rings (SSSR count). The third kappa shape index (κ3) is 3.19. The zero-order chi connectivity index (χ0) is 16.3. The molecule has 2 unspecified atom stereocenters. The maximum Gasteiger partial charge on any atom is 0.506 e. The Bertz CT molecular complexity index is 546. The van der Waals surface area contributed by atoms with E-state index in [4.69, 9.17) is 15.3 Å². The Morgan fingerprint density at radius 2 is 1.14 bits per heavy atom. The molecule has 2 atom stereocenters. The molecule has 1 aromatic rings. The Morgan fingerprint density at radius 1 is 0.727 bits per heavy atom. The summed E-state index contributed by atoms with van der Waals surface area (Å²) in [7, 11) is 0. The third-order valence-corrected chi connectivity index (χ3v) is 3.25. The van der Waals surface area contributed by atoms with Gasteiger partial charge in [0.1, 0.15) is 0 Å². The van der Waals surface area contributed by atoms with Crippen molar-refractivity contribution in [3.63, 3.8) is 0 Å². The second-order valence-electron chi connectivity index (χ2n) is 4.48. The van der Waals surface area contributed by atoms with E-state index in [1.54, 1.807) is 30.3 Å². The van der Waals surface area contributed by atoms with Crippen LogP contribution in [0.5, 0.6) is 0 Å². The summed E-state index contributed by atoms with van der Waals surface area (Å²) >= 11 is 0. The molecule has 0 radical (unpaired) electrons. The molecular weight excluding hydrogens is 300 g/mol. The fourth-order valence-electron chi connectivity index (χ4n) is 2.46. The molecule has 0 bridgehead atoms. The summed E-state index contributed by atoms with van der Waals surface area (Å²) in [5, 5.41) is 26.2. The quantitative estimate of drug-likeness (QED) is 0.562. The van der Waals surface area contributed by atoms with E-state index in [1.807, 2.05) is 0 Å². The molecule has 118 valence electrons. The SMILES string of the molecule is O=C(O)OC1C(OC(=O)O)C(c2ccccc2)C1OC(=O)O. The van der Waals surface area contributed by atoms with Gasteiger partial charge in [0.05, 0.1) is 5.92 Å². The summed E-state index contributed by atoms with van der Waals surface area (Å²) in [6.45, 7) is 0. The second kappa shape index (κ2) is 6.20. The summed E-state index contributed by atoms with van der Waals surface area (Å²) in [6.07, 6.45) is -8.69. The lowest BCUT2D eigenvalue weighted by Crippen LogP contribution is -2.62. The van der Waals surface area contributed by atoms with Crippen LogP contribution < -0.4 is 0 Å². The van der Waals surface area contributed by atoms with Gasteiger partial charge >= 0.3 is 18.5 Å². The standard InChI is InChI=1S/C13H12O9/c14-11(15)20-8-7(6-4-2-1-3-5-6)9(21-12(16)17)10(8)22-13(18)19/h1-5,7-10H,(H,14,15)(H,16,17)(H,18,19). The summed E-state index contributed by atoms with van der Waals surface area (Å²) in [5.74, 6) is -0.794. The van der Waals surface area contributed by atoms with Crippen LogP contribution in [-0.4, -0.2) is 52.1 Å². The minimum absolute atomic E-state index is 0.547. The Labute approximate surface area is 123 Å². The molecule has 22 heavy (non-hydrogen) atoms. The highest BCUT2D eigenvalue weighted by Crippen LogP contribution is 2.43. The number of carboxylic acid groups (broad SMARTS) is 3. The van der Waals surface area contributed by atoms with Gasteiger partial charge in [-0.15, -0.1) is 0 Å². The lowest BCUT2D eigenvalue weighted by atomic mass is 9.71. The van der Waals surface area contributed by atoms with Gasteiger partial charge < -0.3 is 29.5 Å². The van der Waals surface area contributed by atoms with Crippen molar-refractivity contribution < 1.29 is 43.9 Å². The molecule has 1 saturated carbocycles. The lowest BCUT2D eigenvalue weighted by molar-refractivity contribution is -0.181. The molecule has 1 aromatic carbocycles. The molecular formula is C13H12O9. The molecule has 0 aromatic heterocycles. The number of carbonyl (C=O) groups is 3. The highest BCUT2D eigenvalue weighted by molar-refractivity contribution is 5.61. The van der Waals surface area contributed by atoms with Crippen LogP contribution in [0, 0.1) is 0 Å². The minimum atomic E-state index is -1.69. The van der Waals surface area contributed by atoms with E-state index in [-0.39, 0.29) is 0 Å². The van der Waals surface area contributed by atoms with Crippen molar-refractivity contribution >= 4 is 18.5 Å². The van der Waals surface area contributed by atoms with Gasteiger partial charge in [0.2, 0.25) is 0 Å². The number of benzene rings is 1. The van der Waals surface area contributed by atoms with Gasteiger partial charge in [-0.1, -0.05) is 30.3 Å². The summed E-state index contributed by atoms with van der Waals surface area (Å²) in [4.78, 5) is 32.2. The lowest BCUT2D eigenvalue weighted by Gasteiger charge is -2.47. The fourth-order valence-corrected chi connectivity index (χ4v) is 2.46. The minimum Gasteiger partial charge on any atom is -0.450 e. The van der Waals surface area contributed by atoms with Gasteiger partial charge in [0, 0.05) is 0 Å². The number of hydrogen-bond acceptors (Lipinski definition) is 6. The highest BCUT2D eigenvalue weighted by Gasteiger charge is 2.59. The Morgan fingerprint density at radius 3 is 1.55 bits per heavy atom. The van der Waals surface area contributed by atoms with Crippen LogP contribution in [-0.2, 0) is 14.2 Å². The van der Waals surface area contributed by atoms with Crippen LogP contribution >= 0.6 is 0 Å². The van der Waals surface area contributed by atoms with E-state index in [1.165, 1.54) is 0 Å². The monoisotopic (exact) mass is 312 g/mol. The first kappa shape index (κ1) is 15.4. The Hall–Kier alpha value is -2.97. The largest absolute Gasteiger partial charge is 0.506 e. The summed E-state index contributed by atoms with van der Waals surface area (Å²) in [5.41, 5.74) is 0.547. The molecule has 1 fully saturated rings. The van der Waals surface area contributed by atoms with E-state index in [2.05, 4.69) is 14.2 Å². The Balaban J connectivity index is 2.30. The third-order valence-electron chi connectivity index (χ3n) is 3.25. The van der Waals surface area contributed by atoms with Crippen LogP contribution in [0.2, 0.25) is 0 Å². The first-order valence-corrected chi connectivity index (χ1v) is 6.14. The van der Waals surface area contributed by atoms with Crippen LogP contribution in [0.15, 0.2) is 30.3 Å². The number of rotatable bonds is 4. The average Bonchev–Trinajstić information content (AvgIpc) is 2.43. The van der Waals surface area contributed by atoms with Gasteiger partial charge in [-0.25, -0.2) is 14.4 Å². The van der Waals surface area contributed by atoms with E-state index in [0.29, 0.717) is 5.56 Å². The maximum absolute atomic E-state index is 10.8. The summed E-state index contributed by atoms with van der Waals surface area (Å²) in [6, 6.07) is 8.29. The van der Waals surface area contributed by atoms with Crippen molar-refractivity contribution in [3.8, 4) is 0 Å². The van der Waals surface area contributed by atoms with Crippen LogP contribution in [0.25, 0.3) is 0 Å². The highest BCUT2D eigenvalue weighted by atomic mass is 16.7. The van der Waals surface area contributed by atoms with Gasteiger partial charge in [-0.3, -0.25) is 0 Å².